The summed E-state index contributed by atoms with van der Waals surface area (Å²) in [6.07, 6.45) is 0. The van der Waals surface area contributed by atoms with Crippen molar-refractivity contribution in [1.82, 2.24) is 0 Å². The highest BCUT2D eigenvalue weighted by atomic mass is 31.2. The molecule has 2 aromatic carbocycles. The van der Waals surface area contributed by atoms with E-state index in [-0.39, 0.29) is 19.0 Å². The molecule has 2 rings (SSSR count). The van der Waals surface area contributed by atoms with Crippen LogP contribution in [0.4, 0.5) is 5.69 Å². The summed E-state index contributed by atoms with van der Waals surface area (Å²) in [5.41, 5.74) is 2.68. The van der Waals surface area contributed by atoms with Crippen molar-refractivity contribution in [2.45, 2.75) is 26.6 Å². The minimum absolute atomic E-state index is 0.149. The van der Waals surface area contributed by atoms with Crippen LogP contribution in [0.2, 0.25) is 0 Å². The van der Waals surface area contributed by atoms with E-state index in [0.717, 1.165) is 16.8 Å². The number of anilines is 1. The Morgan fingerprint density at radius 3 is 2.04 bits per heavy atom. The average molecular weight is 349 g/mol. The predicted octanol–water partition coefficient (Wildman–Crippen LogP) is 5.08. The molecule has 0 saturated carbocycles. The number of nitrogens with one attached hydrogen (secondary N) is 1. The molecule has 1 unspecified atom stereocenters. The van der Waals surface area contributed by atoms with Gasteiger partial charge in [-0.2, -0.15) is 0 Å². The lowest BCUT2D eigenvalue weighted by Crippen LogP contribution is -2.15. The van der Waals surface area contributed by atoms with Crippen molar-refractivity contribution in [2.24, 2.45) is 0 Å². The van der Waals surface area contributed by atoms with Crippen molar-refractivity contribution in [2.75, 3.05) is 18.5 Å². The first-order valence-electron chi connectivity index (χ1n) is 7.99. The number of phenolic OH excluding ortho intramolecular Hbond substituents is 1. The fraction of sp³-hybridized carbons (Fsp3) is 0.333. The van der Waals surface area contributed by atoms with Crippen molar-refractivity contribution in [1.29, 1.82) is 0 Å². The maximum absolute atomic E-state index is 13.3. The van der Waals surface area contributed by atoms with Crippen LogP contribution < -0.4 is 5.32 Å². The summed E-state index contributed by atoms with van der Waals surface area (Å²) in [6.45, 7) is 6.13. The van der Waals surface area contributed by atoms with Crippen molar-refractivity contribution in [3.8, 4) is 5.75 Å². The van der Waals surface area contributed by atoms with Gasteiger partial charge in [0.2, 0.25) is 0 Å². The van der Waals surface area contributed by atoms with Crippen LogP contribution in [-0.4, -0.2) is 18.3 Å². The zero-order valence-corrected chi connectivity index (χ0v) is 15.1. The highest BCUT2D eigenvalue weighted by Crippen LogP contribution is 2.60. The third kappa shape index (κ3) is 4.60. The first-order chi connectivity index (χ1) is 11.5. The summed E-state index contributed by atoms with van der Waals surface area (Å²) in [5.74, 6) is -0.517. The van der Waals surface area contributed by atoms with Gasteiger partial charge in [0, 0.05) is 5.69 Å². The fourth-order valence-corrected chi connectivity index (χ4v) is 4.29. The quantitative estimate of drug-likeness (QED) is 0.651. The Labute approximate surface area is 143 Å². The molecule has 0 aliphatic rings. The third-order valence-corrected chi connectivity index (χ3v) is 5.79. The molecular formula is C18H24NO4P. The van der Waals surface area contributed by atoms with Crippen LogP contribution in [0.25, 0.3) is 0 Å². The van der Waals surface area contributed by atoms with E-state index < -0.39 is 13.4 Å². The smallest absolute Gasteiger partial charge is 0.357 e. The number of hydrogen-bond donors (Lipinski definition) is 2. The molecule has 0 amide bonds. The van der Waals surface area contributed by atoms with Crippen LogP contribution in [0.1, 0.15) is 30.8 Å². The first kappa shape index (κ1) is 18.5. The highest BCUT2D eigenvalue weighted by molar-refractivity contribution is 7.54. The summed E-state index contributed by atoms with van der Waals surface area (Å²) >= 11 is 0. The molecule has 1 atom stereocenters. The number of rotatable bonds is 8. The minimum atomic E-state index is -3.44. The number of phenols is 1. The van der Waals surface area contributed by atoms with Gasteiger partial charge in [0.15, 0.2) is 5.78 Å². The van der Waals surface area contributed by atoms with E-state index in [0.29, 0.717) is 0 Å². The lowest BCUT2D eigenvalue weighted by atomic mass is 10.2. The van der Waals surface area contributed by atoms with Gasteiger partial charge in [0.05, 0.1) is 13.2 Å². The van der Waals surface area contributed by atoms with Gasteiger partial charge in [0.25, 0.3) is 0 Å². The molecule has 0 fully saturated rings. The summed E-state index contributed by atoms with van der Waals surface area (Å²) in [4.78, 5) is 0. The molecule has 0 bridgehead atoms. The van der Waals surface area contributed by atoms with Crippen molar-refractivity contribution >= 4 is 13.3 Å². The second kappa shape index (κ2) is 8.34. The Kier molecular flexibility index (Phi) is 6.44. The zero-order valence-electron chi connectivity index (χ0n) is 14.2. The molecule has 6 heteroatoms. The molecule has 0 radical (unpaired) electrons. The SMILES string of the molecule is CCOP(=O)(OCC)C(Nc1ccc(C)cc1)c1ccc(O)cc1. The fourth-order valence-electron chi connectivity index (χ4n) is 2.36. The lowest BCUT2D eigenvalue weighted by Gasteiger charge is -2.28. The molecule has 0 aliphatic heterocycles. The van der Waals surface area contributed by atoms with Crippen LogP contribution >= 0.6 is 7.60 Å². The van der Waals surface area contributed by atoms with E-state index >= 15 is 0 Å². The maximum Gasteiger partial charge on any atom is 0.357 e. The Morgan fingerprint density at radius 1 is 1.00 bits per heavy atom. The summed E-state index contributed by atoms with van der Waals surface area (Å²) in [5, 5.41) is 12.8. The van der Waals surface area contributed by atoms with Crippen molar-refractivity contribution in [3.05, 3.63) is 59.7 Å². The molecule has 2 aromatic rings. The predicted molar refractivity (Wildman–Crippen MR) is 96.5 cm³/mol. The van der Waals surface area contributed by atoms with Gasteiger partial charge in [-0.25, -0.2) is 0 Å². The van der Waals surface area contributed by atoms with Crippen LogP contribution in [0, 0.1) is 6.92 Å². The Balaban J connectivity index is 2.41. The number of aryl methyl sites for hydroxylation is 1. The topological polar surface area (TPSA) is 67.8 Å². The molecule has 0 heterocycles. The Morgan fingerprint density at radius 2 is 1.54 bits per heavy atom. The minimum Gasteiger partial charge on any atom is -0.508 e. The van der Waals surface area contributed by atoms with Gasteiger partial charge in [-0.05, 0) is 50.6 Å². The van der Waals surface area contributed by atoms with Crippen molar-refractivity contribution < 1.29 is 18.7 Å². The summed E-state index contributed by atoms with van der Waals surface area (Å²) < 4.78 is 24.3. The van der Waals surface area contributed by atoms with Gasteiger partial charge in [0.1, 0.15) is 5.75 Å². The molecule has 0 spiro atoms. The van der Waals surface area contributed by atoms with Gasteiger partial charge < -0.3 is 19.5 Å². The molecule has 0 aliphatic carbocycles. The standard InChI is InChI=1S/C18H24NO4P/c1-4-22-24(21,23-5-2)18(15-8-12-17(20)13-9-15)19-16-10-6-14(3)7-11-16/h6-13,18-20H,4-5H2,1-3H3. The third-order valence-electron chi connectivity index (χ3n) is 3.50. The molecule has 5 nitrogen and oxygen atoms in total. The van der Waals surface area contributed by atoms with Crippen LogP contribution in [-0.2, 0) is 13.6 Å². The van der Waals surface area contributed by atoms with Gasteiger partial charge >= 0.3 is 7.60 Å². The molecule has 0 saturated heterocycles. The second-order valence-corrected chi connectivity index (χ2v) is 7.49. The summed E-state index contributed by atoms with van der Waals surface area (Å²) in [6, 6.07) is 14.3. The van der Waals surface area contributed by atoms with E-state index in [2.05, 4.69) is 5.32 Å². The second-order valence-electron chi connectivity index (χ2n) is 5.38. The Hall–Kier alpha value is -1.81. The normalized spacial score (nSPS) is 12.8. The monoisotopic (exact) mass is 349 g/mol. The Bertz CT molecular complexity index is 675. The van der Waals surface area contributed by atoms with Crippen LogP contribution in [0.5, 0.6) is 5.75 Å². The van der Waals surface area contributed by atoms with E-state index in [4.69, 9.17) is 9.05 Å². The van der Waals surface area contributed by atoms with E-state index in [1.165, 1.54) is 0 Å². The van der Waals surface area contributed by atoms with Crippen molar-refractivity contribution in [3.63, 3.8) is 0 Å². The lowest BCUT2D eigenvalue weighted by molar-refractivity contribution is 0.214. The number of hydrogen-bond acceptors (Lipinski definition) is 5. The first-order valence-corrected chi connectivity index (χ1v) is 9.60. The van der Waals surface area contributed by atoms with E-state index in [1.54, 1.807) is 38.1 Å². The highest BCUT2D eigenvalue weighted by Gasteiger charge is 2.37. The largest absolute Gasteiger partial charge is 0.508 e. The van der Waals surface area contributed by atoms with Gasteiger partial charge in [-0.3, -0.25) is 4.57 Å². The van der Waals surface area contributed by atoms with Gasteiger partial charge in [-0.1, -0.05) is 29.8 Å². The molecule has 0 aromatic heterocycles. The van der Waals surface area contributed by atoms with E-state index in [1.807, 2.05) is 31.2 Å². The molecule has 2 N–H and O–H groups in total. The van der Waals surface area contributed by atoms with Crippen LogP contribution in [0.3, 0.4) is 0 Å². The van der Waals surface area contributed by atoms with Crippen LogP contribution in [0.15, 0.2) is 48.5 Å². The molecule has 130 valence electrons. The van der Waals surface area contributed by atoms with E-state index in [9.17, 15) is 9.67 Å². The zero-order chi connectivity index (χ0) is 17.6. The number of benzene rings is 2. The molecule has 24 heavy (non-hydrogen) atoms. The maximum atomic E-state index is 13.3. The number of aromatic hydroxyl groups is 1. The average Bonchev–Trinajstić information content (AvgIpc) is 2.56. The van der Waals surface area contributed by atoms with Gasteiger partial charge in [-0.15, -0.1) is 0 Å². The molecular weight excluding hydrogens is 325 g/mol. The summed E-state index contributed by atoms with van der Waals surface area (Å²) in [7, 11) is -3.44.